The standard InChI is InChI=1S/C31H49NO8/c1-10-19(3)14-27(33)39-25-13-12-23(17-26(25)40-28(34)15-20(4)11-2)16-24(32)30(36)38-22(6)21(5)37-29(35)18-31(7,8)9/h12-13,17,19-22,24H,10-11,14-16,18,32H2,1-9H3/t19?,20?,21-,22-,24-/m0/s1. The van der Waals surface area contributed by atoms with Crippen LogP contribution in [0, 0.1) is 17.3 Å². The van der Waals surface area contributed by atoms with Gasteiger partial charge in [-0.2, -0.15) is 0 Å². The molecule has 40 heavy (non-hydrogen) atoms. The number of carbonyl (C=O) groups excluding carboxylic acids is 4. The molecule has 0 aliphatic rings. The van der Waals surface area contributed by atoms with Crippen LogP contribution in [0.3, 0.4) is 0 Å². The van der Waals surface area contributed by atoms with Crippen LogP contribution >= 0.6 is 0 Å². The molecule has 0 bridgehead atoms. The second kappa shape index (κ2) is 16.4. The van der Waals surface area contributed by atoms with Gasteiger partial charge in [0.15, 0.2) is 11.5 Å². The Labute approximate surface area is 239 Å². The highest BCUT2D eigenvalue weighted by molar-refractivity contribution is 5.78. The number of benzene rings is 1. The van der Waals surface area contributed by atoms with E-state index in [9.17, 15) is 19.2 Å². The van der Waals surface area contributed by atoms with Crippen molar-refractivity contribution in [2.75, 3.05) is 0 Å². The van der Waals surface area contributed by atoms with Crippen LogP contribution in [0.4, 0.5) is 0 Å². The van der Waals surface area contributed by atoms with E-state index in [4.69, 9.17) is 24.7 Å². The normalized spacial score (nSPS) is 15.2. The van der Waals surface area contributed by atoms with E-state index in [0.717, 1.165) is 12.8 Å². The van der Waals surface area contributed by atoms with Crippen LogP contribution in [0.15, 0.2) is 18.2 Å². The summed E-state index contributed by atoms with van der Waals surface area (Å²) in [5.41, 5.74) is 6.50. The number of ether oxygens (including phenoxy) is 4. The minimum atomic E-state index is -1.03. The molecular formula is C31H49NO8. The lowest BCUT2D eigenvalue weighted by Crippen LogP contribution is -2.39. The fourth-order valence-electron chi connectivity index (χ4n) is 3.51. The second-order valence-electron chi connectivity index (χ2n) is 12.0. The Kier molecular flexibility index (Phi) is 14.3. The Morgan fingerprint density at radius 2 is 1.27 bits per heavy atom. The van der Waals surface area contributed by atoms with Gasteiger partial charge in [0.05, 0.1) is 6.42 Å². The summed E-state index contributed by atoms with van der Waals surface area (Å²) in [7, 11) is 0. The molecule has 9 nitrogen and oxygen atoms in total. The van der Waals surface area contributed by atoms with Gasteiger partial charge >= 0.3 is 23.9 Å². The summed E-state index contributed by atoms with van der Waals surface area (Å²) in [6, 6.07) is 3.72. The predicted octanol–water partition coefficient (Wildman–Crippen LogP) is 5.54. The zero-order chi connectivity index (χ0) is 30.6. The number of hydrogen-bond acceptors (Lipinski definition) is 9. The molecule has 2 unspecified atom stereocenters. The van der Waals surface area contributed by atoms with Crippen molar-refractivity contribution in [3.63, 3.8) is 0 Å². The van der Waals surface area contributed by atoms with Crippen LogP contribution in [-0.2, 0) is 35.1 Å². The summed E-state index contributed by atoms with van der Waals surface area (Å²) >= 11 is 0. The van der Waals surface area contributed by atoms with Crippen LogP contribution in [0.2, 0.25) is 0 Å². The lowest BCUT2D eigenvalue weighted by atomic mass is 9.92. The van der Waals surface area contributed by atoms with Gasteiger partial charge in [0.2, 0.25) is 0 Å². The number of nitrogens with two attached hydrogens (primary N) is 1. The first-order valence-corrected chi connectivity index (χ1v) is 14.2. The van der Waals surface area contributed by atoms with E-state index < -0.39 is 36.2 Å². The maximum atomic E-state index is 12.7. The third-order valence-electron chi connectivity index (χ3n) is 6.59. The van der Waals surface area contributed by atoms with Gasteiger partial charge < -0.3 is 24.7 Å². The van der Waals surface area contributed by atoms with Crippen molar-refractivity contribution in [3.05, 3.63) is 23.8 Å². The van der Waals surface area contributed by atoms with Crippen molar-refractivity contribution < 1.29 is 38.1 Å². The molecule has 5 atom stereocenters. The highest BCUT2D eigenvalue weighted by Crippen LogP contribution is 2.31. The molecule has 0 spiro atoms. The van der Waals surface area contributed by atoms with E-state index >= 15 is 0 Å². The average Bonchev–Trinajstić information content (AvgIpc) is 2.83. The molecule has 226 valence electrons. The van der Waals surface area contributed by atoms with Gasteiger partial charge in [-0.25, -0.2) is 0 Å². The SMILES string of the molecule is CCC(C)CC(=O)Oc1ccc(C[C@H](N)C(=O)O[C@@H](C)[C@H](C)OC(=O)CC(C)(C)C)cc1OC(=O)CC(C)CC. The van der Waals surface area contributed by atoms with Gasteiger partial charge in [-0.1, -0.05) is 67.4 Å². The number of rotatable bonds is 15. The summed E-state index contributed by atoms with van der Waals surface area (Å²) < 4.78 is 22.0. The number of carbonyl (C=O) groups is 4. The number of hydrogen-bond donors (Lipinski definition) is 1. The van der Waals surface area contributed by atoms with Gasteiger partial charge in [0, 0.05) is 12.8 Å². The van der Waals surface area contributed by atoms with Crippen LogP contribution in [0.5, 0.6) is 11.5 Å². The quantitative estimate of drug-likeness (QED) is 0.216. The Hall–Kier alpha value is -2.94. The van der Waals surface area contributed by atoms with Crippen LogP contribution in [-0.4, -0.2) is 42.1 Å². The van der Waals surface area contributed by atoms with E-state index in [1.807, 2.05) is 48.5 Å². The van der Waals surface area contributed by atoms with Gasteiger partial charge in [-0.15, -0.1) is 0 Å². The highest BCUT2D eigenvalue weighted by Gasteiger charge is 2.26. The third-order valence-corrected chi connectivity index (χ3v) is 6.59. The molecule has 1 aromatic rings. The average molecular weight is 564 g/mol. The number of esters is 4. The first-order valence-electron chi connectivity index (χ1n) is 14.2. The largest absolute Gasteiger partial charge is 0.459 e. The Morgan fingerprint density at radius 1 is 0.775 bits per heavy atom. The van der Waals surface area contributed by atoms with E-state index in [1.165, 1.54) is 6.07 Å². The molecular weight excluding hydrogens is 514 g/mol. The summed E-state index contributed by atoms with van der Waals surface area (Å²) in [6.07, 6.45) is 1.07. The van der Waals surface area contributed by atoms with E-state index in [2.05, 4.69) is 0 Å². The van der Waals surface area contributed by atoms with Crippen LogP contribution < -0.4 is 15.2 Å². The first-order chi connectivity index (χ1) is 18.5. The van der Waals surface area contributed by atoms with E-state index in [-0.39, 0.29) is 60.4 Å². The molecule has 2 N–H and O–H groups in total. The molecule has 0 fully saturated rings. The minimum absolute atomic E-state index is 0.0841. The van der Waals surface area contributed by atoms with Crippen molar-refractivity contribution in [1.29, 1.82) is 0 Å². The summed E-state index contributed by atoms with van der Waals surface area (Å²) in [4.78, 5) is 49.8. The summed E-state index contributed by atoms with van der Waals surface area (Å²) in [5, 5.41) is 0. The molecule has 0 saturated heterocycles. The van der Waals surface area contributed by atoms with Gasteiger partial charge in [0.1, 0.15) is 18.2 Å². The van der Waals surface area contributed by atoms with Crippen molar-refractivity contribution >= 4 is 23.9 Å². The molecule has 1 aromatic carbocycles. The highest BCUT2D eigenvalue weighted by atomic mass is 16.6. The molecule has 0 amide bonds. The minimum Gasteiger partial charge on any atom is -0.459 e. The molecule has 0 heterocycles. The summed E-state index contributed by atoms with van der Waals surface area (Å²) in [6.45, 7) is 17.0. The van der Waals surface area contributed by atoms with Crippen molar-refractivity contribution in [2.24, 2.45) is 23.0 Å². The smallest absolute Gasteiger partial charge is 0.323 e. The second-order valence-corrected chi connectivity index (χ2v) is 12.0. The fraction of sp³-hybridized carbons (Fsp3) is 0.677. The molecule has 0 aliphatic heterocycles. The summed E-state index contributed by atoms with van der Waals surface area (Å²) in [5.74, 6) is -1.39. The zero-order valence-electron chi connectivity index (χ0n) is 25.7. The Morgan fingerprint density at radius 3 is 1.77 bits per heavy atom. The first kappa shape index (κ1) is 35.1. The van der Waals surface area contributed by atoms with Gasteiger partial charge in [-0.05, 0) is 55.2 Å². The van der Waals surface area contributed by atoms with E-state index in [0.29, 0.717) is 5.56 Å². The molecule has 1 rings (SSSR count). The zero-order valence-corrected chi connectivity index (χ0v) is 25.7. The van der Waals surface area contributed by atoms with Crippen molar-refractivity contribution in [3.8, 4) is 11.5 Å². The molecule has 0 saturated carbocycles. The fourth-order valence-corrected chi connectivity index (χ4v) is 3.51. The molecule has 9 heteroatoms. The van der Waals surface area contributed by atoms with Crippen molar-refractivity contribution in [1.82, 2.24) is 0 Å². The molecule has 0 aliphatic carbocycles. The molecule has 0 aromatic heterocycles. The lowest BCUT2D eigenvalue weighted by Gasteiger charge is -2.24. The Bertz CT molecular complexity index is 1000. The van der Waals surface area contributed by atoms with Crippen LogP contribution in [0.1, 0.15) is 100.0 Å². The van der Waals surface area contributed by atoms with E-state index in [1.54, 1.807) is 26.0 Å². The van der Waals surface area contributed by atoms with Gasteiger partial charge in [-0.3, -0.25) is 19.2 Å². The maximum Gasteiger partial charge on any atom is 0.323 e. The molecule has 0 radical (unpaired) electrons. The monoisotopic (exact) mass is 563 g/mol. The van der Waals surface area contributed by atoms with Crippen molar-refractivity contribution in [2.45, 2.75) is 119 Å². The maximum absolute atomic E-state index is 12.7. The third kappa shape index (κ3) is 13.4. The Balaban J connectivity index is 2.95. The topological polar surface area (TPSA) is 131 Å². The van der Waals surface area contributed by atoms with Crippen LogP contribution in [0.25, 0.3) is 0 Å². The van der Waals surface area contributed by atoms with Gasteiger partial charge in [0.25, 0.3) is 0 Å². The predicted molar refractivity (Wildman–Crippen MR) is 153 cm³/mol. The lowest BCUT2D eigenvalue weighted by molar-refractivity contribution is -0.167.